The van der Waals surface area contributed by atoms with Gasteiger partial charge in [0.2, 0.25) is 5.91 Å². The number of nitriles is 1. The van der Waals surface area contributed by atoms with E-state index >= 15 is 0 Å². The van der Waals surface area contributed by atoms with Crippen molar-refractivity contribution < 1.29 is 4.79 Å². The average Bonchev–Trinajstić information content (AvgIpc) is 2.11. The zero-order chi connectivity index (χ0) is 11.9. The summed E-state index contributed by atoms with van der Waals surface area (Å²) < 4.78 is 0.214. The van der Waals surface area contributed by atoms with Crippen LogP contribution in [-0.4, -0.2) is 34.9 Å². The molecule has 0 aromatic heterocycles. The predicted octanol–water partition coefficient (Wildman–Crippen LogP) is 2.28. The predicted molar refractivity (Wildman–Crippen MR) is 64.7 cm³/mol. The topological polar surface area (TPSA) is 44.1 Å². The summed E-state index contributed by atoms with van der Waals surface area (Å²) in [4.78, 5) is 13.2. The van der Waals surface area contributed by atoms with Gasteiger partial charge < -0.3 is 4.90 Å². The van der Waals surface area contributed by atoms with Crippen LogP contribution in [0.3, 0.4) is 0 Å². The summed E-state index contributed by atoms with van der Waals surface area (Å²) in [5, 5.41) is 8.39. The molecule has 0 aliphatic carbocycles. The third-order valence-electron chi connectivity index (χ3n) is 1.84. The SMILES string of the molecule is CN(CCC#N)C(=O)CCSC(C)(C)C. The summed E-state index contributed by atoms with van der Waals surface area (Å²) in [6, 6.07) is 2.03. The minimum absolute atomic E-state index is 0.127. The highest BCUT2D eigenvalue weighted by molar-refractivity contribution is 8.00. The van der Waals surface area contributed by atoms with Crippen LogP contribution < -0.4 is 0 Å². The minimum atomic E-state index is 0.127. The van der Waals surface area contributed by atoms with E-state index in [1.165, 1.54) is 0 Å². The minimum Gasteiger partial charge on any atom is -0.345 e. The summed E-state index contributed by atoms with van der Waals surface area (Å²) in [6.07, 6.45) is 0.971. The van der Waals surface area contributed by atoms with Crippen molar-refractivity contribution in [2.45, 2.75) is 38.4 Å². The number of carbonyl (C=O) groups excluding carboxylic acids is 1. The molecule has 0 aromatic carbocycles. The Hall–Kier alpha value is -0.690. The fraction of sp³-hybridized carbons (Fsp3) is 0.818. The molecule has 0 rings (SSSR count). The lowest BCUT2D eigenvalue weighted by molar-refractivity contribution is -0.129. The molecule has 0 atom stereocenters. The van der Waals surface area contributed by atoms with Crippen molar-refractivity contribution in [3.05, 3.63) is 0 Å². The maximum atomic E-state index is 11.5. The second-order valence-electron chi connectivity index (χ2n) is 4.43. The molecule has 0 spiro atoms. The maximum absolute atomic E-state index is 11.5. The molecule has 0 unspecified atom stereocenters. The van der Waals surface area contributed by atoms with E-state index in [0.717, 1.165) is 5.75 Å². The molecule has 0 aromatic rings. The third-order valence-corrected chi connectivity index (χ3v) is 3.11. The normalized spacial score (nSPS) is 10.9. The van der Waals surface area contributed by atoms with Gasteiger partial charge in [-0.05, 0) is 0 Å². The molecule has 0 heterocycles. The van der Waals surface area contributed by atoms with Gasteiger partial charge in [-0.1, -0.05) is 20.8 Å². The molecular weight excluding hydrogens is 208 g/mol. The fourth-order valence-corrected chi connectivity index (χ4v) is 1.87. The molecular formula is C11H20N2OS. The van der Waals surface area contributed by atoms with Gasteiger partial charge in [0, 0.05) is 30.5 Å². The van der Waals surface area contributed by atoms with Gasteiger partial charge in [0.15, 0.2) is 0 Å². The first-order chi connectivity index (χ1) is 6.87. The molecule has 0 aliphatic heterocycles. The van der Waals surface area contributed by atoms with Crippen molar-refractivity contribution >= 4 is 17.7 Å². The second-order valence-corrected chi connectivity index (χ2v) is 6.36. The van der Waals surface area contributed by atoms with Gasteiger partial charge >= 0.3 is 0 Å². The van der Waals surface area contributed by atoms with Gasteiger partial charge in [0.25, 0.3) is 0 Å². The molecule has 0 N–H and O–H groups in total. The van der Waals surface area contributed by atoms with Crippen LogP contribution in [0.2, 0.25) is 0 Å². The monoisotopic (exact) mass is 228 g/mol. The Morgan fingerprint density at radius 1 is 1.47 bits per heavy atom. The Morgan fingerprint density at radius 3 is 2.53 bits per heavy atom. The number of rotatable bonds is 5. The number of hydrogen-bond donors (Lipinski definition) is 0. The van der Waals surface area contributed by atoms with Gasteiger partial charge in [-0.15, -0.1) is 0 Å². The quantitative estimate of drug-likeness (QED) is 0.725. The van der Waals surface area contributed by atoms with Crippen LogP contribution in [0, 0.1) is 11.3 Å². The third kappa shape index (κ3) is 8.31. The first-order valence-corrected chi connectivity index (χ1v) is 6.10. The highest BCUT2D eigenvalue weighted by Gasteiger charge is 2.13. The molecule has 0 saturated carbocycles. The molecule has 4 heteroatoms. The molecule has 0 fully saturated rings. The molecule has 86 valence electrons. The molecule has 0 radical (unpaired) electrons. The molecule has 1 amide bonds. The zero-order valence-electron chi connectivity index (χ0n) is 10.0. The van der Waals surface area contributed by atoms with Crippen molar-refractivity contribution in [2.75, 3.05) is 19.3 Å². The van der Waals surface area contributed by atoms with E-state index in [9.17, 15) is 4.79 Å². The summed E-state index contributed by atoms with van der Waals surface area (Å²) >= 11 is 1.79. The van der Waals surface area contributed by atoms with E-state index < -0.39 is 0 Å². The van der Waals surface area contributed by atoms with Crippen molar-refractivity contribution in [3.63, 3.8) is 0 Å². The van der Waals surface area contributed by atoms with Crippen LogP contribution in [0.25, 0.3) is 0 Å². The largest absolute Gasteiger partial charge is 0.345 e. The molecule has 0 aliphatic rings. The lowest BCUT2D eigenvalue weighted by Gasteiger charge is -2.19. The Bertz CT molecular complexity index is 240. The van der Waals surface area contributed by atoms with Crippen molar-refractivity contribution in [2.24, 2.45) is 0 Å². The van der Waals surface area contributed by atoms with Crippen molar-refractivity contribution in [3.8, 4) is 6.07 Å². The second kappa shape index (κ2) is 6.73. The Morgan fingerprint density at radius 2 is 2.07 bits per heavy atom. The van der Waals surface area contributed by atoms with Crippen LogP contribution in [0.1, 0.15) is 33.6 Å². The smallest absolute Gasteiger partial charge is 0.223 e. The summed E-state index contributed by atoms with van der Waals surface area (Å²) in [6.45, 7) is 6.96. The average molecular weight is 228 g/mol. The van der Waals surface area contributed by atoms with E-state index in [1.807, 2.05) is 6.07 Å². The Balaban J connectivity index is 3.70. The van der Waals surface area contributed by atoms with E-state index in [2.05, 4.69) is 20.8 Å². The van der Waals surface area contributed by atoms with Crippen LogP contribution in [-0.2, 0) is 4.79 Å². The maximum Gasteiger partial charge on any atom is 0.223 e. The number of nitrogens with zero attached hydrogens (tertiary/aromatic N) is 2. The summed E-state index contributed by atoms with van der Waals surface area (Å²) in [5.41, 5.74) is 0. The van der Waals surface area contributed by atoms with Gasteiger partial charge in [-0.3, -0.25) is 4.79 Å². The van der Waals surface area contributed by atoms with E-state index in [-0.39, 0.29) is 10.7 Å². The first kappa shape index (κ1) is 14.3. The molecule has 0 saturated heterocycles. The summed E-state index contributed by atoms with van der Waals surface area (Å²) in [7, 11) is 1.75. The highest BCUT2D eigenvalue weighted by Crippen LogP contribution is 2.23. The van der Waals surface area contributed by atoms with E-state index in [4.69, 9.17) is 5.26 Å². The van der Waals surface area contributed by atoms with Crippen LogP contribution >= 0.6 is 11.8 Å². The van der Waals surface area contributed by atoms with Crippen LogP contribution in [0.4, 0.5) is 0 Å². The lowest BCUT2D eigenvalue weighted by Crippen LogP contribution is -2.28. The molecule has 3 nitrogen and oxygen atoms in total. The standard InChI is InChI=1S/C11H20N2OS/c1-11(2,3)15-9-6-10(14)13(4)8-5-7-12/h5-6,8-9H2,1-4H3. The number of thioether (sulfide) groups is 1. The van der Waals surface area contributed by atoms with E-state index in [0.29, 0.717) is 19.4 Å². The van der Waals surface area contributed by atoms with Gasteiger partial charge in [-0.2, -0.15) is 17.0 Å². The van der Waals surface area contributed by atoms with Gasteiger partial charge in [-0.25, -0.2) is 0 Å². The van der Waals surface area contributed by atoms with Crippen molar-refractivity contribution in [1.29, 1.82) is 5.26 Å². The number of carbonyl (C=O) groups is 1. The number of hydrogen-bond acceptors (Lipinski definition) is 3. The van der Waals surface area contributed by atoms with Crippen LogP contribution in [0.15, 0.2) is 0 Å². The van der Waals surface area contributed by atoms with Gasteiger partial charge in [0.05, 0.1) is 12.5 Å². The first-order valence-electron chi connectivity index (χ1n) is 5.11. The summed E-state index contributed by atoms with van der Waals surface area (Å²) in [5.74, 6) is 0.973. The Kier molecular flexibility index (Phi) is 6.42. The van der Waals surface area contributed by atoms with Gasteiger partial charge in [0.1, 0.15) is 0 Å². The van der Waals surface area contributed by atoms with Crippen molar-refractivity contribution in [1.82, 2.24) is 4.90 Å². The fourth-order valence-electron chi connectivity index (χ4n) is 0.978. The molecule has 15 heavy (non-hydrogen) atoms. The Labute approximate surface area is 96.8 Å². The zero-order valence-corrected chi connectivity index (χ0v) is 10.9. The van der Waals surface area contributed by atoms with E-state index in [1.54, 1.807) is 23.7 Å². The molecule has 0 bridgehead atoms. The lowest BCUT2D eigenvalue weighted by atomic mass is 10.3. The highest BCUT2D eigenvalue weighted by atomic mass is 32.2. The number of amides is 1. The van der Waals surface area contributed by atoms with Crippen LogP contribution in [0.5, 0.6) is 0 Å².